The Hall–Kier alpha value is -3.18. The maximum atomic E-state index is 13.1. The van der Waals surface area contributed by atoms with Crippen molar-refractivity contribution in [2.24, 2.45) is 0 Å². The summed E-state index contributed by atoms with van der Waals surface area (Å²) in [5.41, 5.74) is -0.0950. The molecule has 2 amide bonds. The lowest BCUT2D eigenvalue weighted by atomic mass is 9.83. The van der Waals surface area contributed by atoms with Crippen molar-refractivity contribution in [2.75, 3.05) is 19.7 Å². The average molecular weight is 563 g/mol. The molecule has 1 aliphatic heterocycles. The molecule has 1 saturated carbocycles. The summed E-state index contributed by atoms with van der Waals surface area (Å²) in [5.74, 6) is -0.722. The zero-order valence-electron chi connectivity index (χ0n) is 22.8. The summed E-state index contributed by atoms with van der Waals surface area (Å²) < 4.78 is 44.9. The quantitative estimate of drug-likeness (QED) is 0.431. The fraction of sp³-hybridized carbons (Fsp3) is 0.552. The van der Waals surface area contributed by atoms with Crippen molar-refractivity contribution in [1.82, 2.24) is 20.5 Å². The van der Waals surface area contributed by atoms with E-state index in [1.54, 1.807) is 17.2 Å². The van der Waals surface area contributed by atoms with Gasteiger partial charge in [-0.05, 0) is 70.1 Å². The van der Waals surface area contributed by atoms with Crippen LogP contribution in [0.15, 0.2) is 47.4 Å². The van der Waals surface area contributed by atoms with Gasteiger partial charge in [-0.3, -0.25) is 14.4 Å². The number of carbonyl (C=O) groups is 2. The maximum absolute atomic E-state index is 13.1. The van der Waals surface area contributed by atoms with Gasteiger partial charge in [0.05, 0.1) is 30.9 Å². The fourth-order valence-electron chi connectivity index (χ4n) is 5.60. The Bertz CT molecular complexity index is 1220. The summed E-state index contributed by atoms with van der Waals surface area (Å²) in [4.78, 5) is 42.3. The average Bonchev–Trinajstić information content (AvgIpc) is 3.33. The summed E-state index contributed by atoms with van der Waals surface area (Å²) in [6.45, 7) is 4.34. The molecule has 1 aromatic heterocycles. The first-order valence-corrected chi connectivity index (χ1v) is 13.8. The van der Waals surface area contributed by atoms with Crippen LogP contribution in [-0.4, -0.2) is 65.6 Å². The van der Waals surface area contributed by atoms with Gasteiger partial charge >= 0.3 is 6.18 Å². The Morgan fingerprint density at radius 2 is 1.85 bits per heavy atom. The number of rotatable bonds is 9. The van der Waals surface area contributed by atoms with Crippen molar-refractivity contribution in [3.63, 3.8) is 0 Å². The molecular weight excluding hydrogens is 525 g/mol. The van der Waals surface area contributed by atoms with Crippen LogP contribution in [0.2, 0.25) is 0 Å². The molecular formula is C29H37F3N4O4. The Kier molecular flexibility index (Phi) is 9.68. The topological polar surface area (TPSA) is 104 Å². The Morgan fingerprint density at radius 3 is 2.52 bits per heavy atom. The van der Waals surface area contributed by atoms with Crippen LogP contribution in [0, 0.1) is 0 Å². The number of aromatic amines is 1. The van der Waals surface area contributed by atoms with Gasteiger partial charge in [0, 0.05) is 48.2 Å². The van der Waals surface area contributed by atoms with E-state index >= 15 is 0 Å². The number of H-pyrrole nitrogens is 1. The van der Waals surface area contributed by atoms with Crippen molar-refractivity contribution in [3.8, 4) is 0 Å². The first kappa shape index (κ1) is 29.8. The second-order valence-corrected chi connectivity index (χ2v) is 11.0. The number of alkyl halides is 3. The highest BCUT2D eigenvalue weighted by atomic mass is 19.4. The standard InChI is InChI=1S/C29H37F3N4O4/c1-18(2)40-17-24-13-23(35-22-8-6-19(7-9-22)26-14-25(37)10-11-33-26)16-36(24)27(38)15-34-28(39)20-4-3-5-21(12-20)29(30,31)32/h3-5,10-12,14,18-19,22-24,35H,6-9,13,15-17H2,1-2H3,(H,33,37)(H,34,39)/t19?,22?,23-,24-/m0/s1. The molecule has 11 heteroatoms. The van der Waals surface area contributed by atoms with Gasteiger partial charge in [-0.25, -0.2) is 0 Å². The first-order chi connectivity index (χ1) is 19.0. The zero-order chi connectivity index (χ0) is 28.9. The Labute approximate surface area is 231 Å². The van der Waals surface area contributed by atoms with Crippen LogP contribution in [0.1, 0.15) is 73.5 Å². The molecule has 218 valence electrons. The number of halogens is 3. The second-order valence-electron chi connectivity index (χ2n) is 11.0. The number of hydrogen-bond acceptors (Lipinski definition) is 5. The van der Waals surface area contributed by atoms with Crippen LogP contribution in [-0.2, 0) is 15.7 Å². The van der Waals surface area contributed by atoms with Crippen LogP contribution in [0.25, 0.3) is 0 Å². The number of ether oxygens (including phenoxy) is 1. The molecule has 0 spiro atoms. The van der Waals surface area contributed by atoms with Crippen molar-refractivity contribution in [2.45, 2.75) is 82.3 Å². The summed E-state index contributed by atoms with van der Waals surface area (Å²) in [6, 6.07) is 7.48. The van der Waals surface area contributed by atoms with Crippen LogP contribution in [0.5, 0.6) is 0 Å². The third-order valence-electron chi connectivity index (χ3n) is 7.64. The van der Waals surface area contributed by atoms with Gasteiger partial charge in [0.15, 0.2) is 5.43 Å². The van der Waals surface area contributed by atoms with Crippen LogP contribution < -0.4 is 16.1 Å². The molecule has 2 fully saturated rings. The van der Waals surface area contributed by atoms with Gasteiger partial charge < -0.3 is 25.3 Å². The van der Waals surface area contributed by atoms with Crippen molar-refractivity contribution in [3.05, 3.63) is 69.6 Å². The number of aromatic nitrogens is 1. The fourth-order valence-corrected chi connectivity index (χ4v) is 5.60. The Morgan fingerprint density at radius 1 is 1.10 bits per heavy atom. The maximum Gasteiger partial charge on any atom is 0.416 e. The van der Waals surface area contributed by atoms with E-state index in [0.29, 0.717) is 31.5 Å². The highest BCUT2D eigenvalue weighted by molar-refractivity contribution is 5.96. The number of likely N-dealkylation sites (tertiary alicyclic amines) is 1. The van der Waals surface area contributed by atoms with E-state index in [2.05, 4.69) is 15.6 Å². The van der Waals surface area contributed by atoms with E-state index in [1.807, 2.05) is 13.8 Å². The molecule has 1 aromatic carbocycles. The van der Waals surface area contributed by atoms with E-state index in [1.165, 1.54) is 18.2 Å². The number of hydrogen-bond donors (Lipinski definition) is 3. The van der Waals surface area contributed by atoms with Crippen LogP contribution in [0.4, 0.5) is 13.2 Å². The number of benzene rings is 1. The third-order valence-corrected chi connectivity index (χ3v) is 7.64. The van der Waals surface area contributed by atoms with Gasteiger partial charge in [-0.1, -0.05) is 6.07 Å². The molecule has 4 rings (SSSR count). The molecule has 1 aliphatic carbocycles. The monoisotopic (exact) mass is 562 g/mol. The normalized spacial score (nSPS) is 23.4. The minimum atomic E-state index is -4.56. The van der Waals surface area contributed by atoms with Crippen molar-refractivity contribution < 1.29 is 27.5 Å². The van der Waals surface area contributed by atoms with Crippen LogP contribution in [0.3, 0.4) is 0 Å². The molecule has 0 unspecified atom stereocenters. The molecule has 1 saturated heterocycles. The summed E-state index contributed by atoms with van der Waals surface area (Å²) >= 11 is 0. The molecule has 0 radical (unpaired) electrons. The van der Waals surface area contributed by atoms with Gasteiger partial charge in [-0.15, -0.1) is 0 Å². The van der Waals surface area contributed by atoms with Gasteiger partial charge in [-0.2, -0.15) is 13.2 Å². The third kappa shape index (κ3) is 7.94. The molecule has 2 heterocycles. The number of carbonyl (C=O) groups excluding carboxylic acids is 2. The lowest BCUT2D eigenvalue weighted by Crippen LogP contribution is -2.46. The van der Waals surface area contributed by atoms with E-state index in [0.717, 1.165) is 43.5 Å². The van der Waals surface area contributed by atoms with Gasteiger partial charge in [0.1, 0.15) is 0 Å². The van der Waals surface area contributed by atoms with Gasteiger partial charge in [0.2, 0.25) is 5.91 Å². The largest absolute Gasteiger partial charge is 0.416 e. The lowest BCUT2D eigenvalue weighted by Gasteiger charge is -2.31. The molecule has 2 aromatic rings. The zero-order valence-corrected chi connectivity index (χ0v) is 22.8. The number of nitrogens with one attached hydrogen (secondary N) is 3. The number of pyridine rings is 1. The minimum Gasteiger partial charge on any atom is -0.377 e. The second kappa shape index (κ2) is 13.0. The first-order valence-electron chi connectivity index (χ1n) is 13.8. The van der Waals surface area contributed by atoms with E-state index in [4.69, 9.17) is 4.74 Å². The number of nitrogens with zero attached hydrogens (tertiary/aromatic N) is 1. The predicted molar refractivity (Wildman–Crippen MR) is 144 cm³/mol. The SMILES string of the molecule is CC(C)OC[C@@H]1C[C@H](NC2CCC(c3cc(=O)cc[nH]3)CC2)CN1C(=O)CNC(=O)c1cccc(C(F)(F)F)c1. The predicted octanol–water partition coefficient (Wildman–Crippen LogP) is 3.83. The van der Waals surface area contributed by atoms with Gasteiger partial charge in [0.25, 0.3) is 5.91 Å². The highest BCUT2D eigenvalue weighted by Gasteiger charge is 2.37. The Balaban J connectivity index is 1.32. The van der Waals surface area contributed by atoms with Crippen molar-refractivity contribution in [1.29, 1.82) is 0 Å². The van der Waals surface area contributed by atoms with E-state index < -0.39 is 17.6 Å². The molecule has 2 atom stereocenters. The van der Waals surface area contributed by atoms with Crippen LogP contribution >= 0.6 is 0 Å². The summed E-state index contributed by atoms with van der Waals surface area (Å²) in [6.07, 6.45) is 1.62. The molecule has 0 bridgehead atoms. The summed E-state index contributed by atoms with van der Waals surface area (Å²) in [7, 11) is 0. The molecule has 3 N–H and O–H groups in total. The smallest absolute Gasteiger partial charge is 0.377 e. The van der Waals surface area contributed by atoms with E-state index in [9.17, 15) is 27.6 Å². The molecule has 2 aliphatic rings. The van der Waals surface area contributed by atoms with Crippen molar-refractivity contribution >= 4 is 11.8 Å². The summed E-state index contributed by atoms with van der Waals surface area (Å²) in [5, 5.41) is 6.18. The highest BCUT2D eigenvalue weighted by Crippen LogP contribution is 2.32. The lowest BCUT2D eigenvalue weighted by molar-refractivity contribution is -0.137. The molecule has 8 nitrogen and oxygen atoms in total. The minimum absolute atomic E-state index is 0.00499. The van der Waals surface area contributed by atoms with E-state index in [-0.39, 0.29) is 41.6 Å². The molecule has 40 heavy (non-hydrogen) atoms. The number of amides is 2.